The zero-order valence-electron chi connectivity index (χ0n) is 17.3. The molecule has 0 unspecified atom stereocenters. The number of nitrogens with zero attached hydrogens (tertiary/aromatic N) is 6. The van der Waals surface area contributed by atoms with Gasteiger partial charge in [-0.25, -0.2) is 0 Å². The first kappa shape index (κ1) is 21.7. The minimum Gasteiger partial charge on any atom is -0.493 e. The summed E-state index contributed by atoms with van der Waals surface area (Å²) in [5.74, 6) is 1.03. The van der Waals surface area contributed by atoms with E-state index in [1.165, 1.54) is 36.6 Å². The van der Waals surface area contributed by atoms with Gasteiger partial charge < -0.3 is 14.0 Å². The fourth-order valence-electron chi connectivity index (χ4n) is 2.85. The molecule has 2 aromatic heterocycles. The van der Waals surface area contributed by atoms with E-state index in [1.807, 2.05) is 32.0 Å². The number of aryl methyl sites for hydroxylation is 2. The van der Waals surface area contributed by atoms with E-state index >= 15 is 0 Å². The third kappa shape index (κ3) is 4.69. The first-order chi connectivity index (χ1) is 15.4. The maximum absolute atomic E-state index is 12.5. The summed E-state index contributed by atoms with van der Waals surface area (Å²) in [6, 6.07) is 10.4. The molecule has 0 aliphatic carbocycles. The second kappa shape index (κ2) is 9.30. The van der Waals surface area contributed by atoms with Gasteiger partial charge in [0.25, 0.3) is 0 Å². The van der Waals surface area contributed by atoms with E-state index in [9.17, 15) is 8.78 Å². The average Bonchev–Trinajstić information content (AvgIpc) is 3.43. The van der Waals surface area contributed by atoms with Crippen molar-refractivity contribution in [3.63, 3.8) is 0 Å². The minimum absolute atomic E-state index is 0.0799. The normalized spacial score (nSPS) is 11.2. The maximum atomic E-state index is 12.5. The van der Waals surface area contributed by atoms with E-state index in [0.717, 1.165) is 11.3 Å². The van der Waals surface area contributed by atoms with E-state index in [0.29, 0.717) is 22.4 Å². The van der Waals surface area contributed by atoms with Gasteiger partial charge in [-0.05, 0) is 65.7 Å². The average molecular weight is 460 g/mol. The maximum Gasteiger partial charge on any atom is 0.387 e. The molecule has 0 saturated heterocycles. The largest absolute Gasteiger partial charge is 0.493 e. The molecule has 0 N–H and O–H groups in total. The van der Waals surface area contributed by atoms with Crippen LogP contribution in [0.5, 0.6) is 11.5 Å². The Kier molecular flexibility index (Phi) is 6.30. The van der Waals surface area contributed by atoms with E-state index in [4.69, 9.17) is 9.26 Å². The molecule has 4 aromatic rings. The van der Waals surface area contributed by atoms with Crippen LogP contribution < -0.4 is 9.47 Å². The lowest BCUT2D eigenvalue weighted by atomic mass is 10.1. The number of halogens is 2. The van der Waals surface area contributed by atoms with Crippen LogP contribution in [-0.2, 0) is 5.75 Å². The van der Waals surface area contributed by atoms with Gasteiger partial charge in [0.2, 0.25) is 16.9 Å². The van der Waals surface area contributed by atoms with Crippen molar-refractivity contribution in [3.05, 3.63) is 53.4 Å². The van der Waals surface area contributed by atoms with Crippen molar-refractivity contribution in [1.82, 2.24) is 30.3 Å². The standard InChI is InChI=1S/C20H18F2N6O3S/c1-11-4-6-14(8-12(11)2)28-20(24-26-27-28)32-10-17-23-18(25-31-17)13-5-7-15(30-19(21)22)16(9-13)29-3/h4-9,19H,10H2,1-3H3. The Morgan fingerprint density at radius 3 is 2.69 bits per heavy atom. The topological polar surface area (TPSA) is 101 Å². The lowest BCUT2D eigenvalue weighted by molar-refractivity contribution is -0.0512. The number of aromatic nitrogens is 6. The van der Waals surface area contributed by atoms with Crippen LogP contribution >= 0.6 is 11.8 Å². The molecule has 9 nitrogen and oxygen atoms in total. The molecular formula is C20H18F2N6O3S. The van der Waals surface area contributed by atoms with Gasteiger partial charge in [0.05, 0.1) is 18.6 Å². The van der Waals surface area contributed by atoms with Crippen molar-refractivity contribution in [2.75, 3.05) is 7.11 Å². The van der Waals surface area contributed by atoms with Gasteiger partial charge in [-0.3, -0.25) is 0 Å². The lowest BCUT2D eigenvalue weighted by Crippen LogP contribution is -2.03. The molecule has 0 aliphatic rings. The monoisotopic (exact) mass is 460 g/mol. The predicted octanol–water partition coefficient (Wildman–Crippen LogP) is 4.23. The summed E-state index contributed by atoms with van der Waals surface area (Å²) >= 11 is 1.34. The fourth-order valence-corrected chi connectivity index (χ4v) is 3.57. The van der Waals surface area contributed by atoms with Gasteiger partial charge >= 0.3 is 6.61 Å². The van der Waals surface area contributed by atoms with Crippen molar-refractivity contribution in [2.45, 2.75) is 31.4 Å². The van der Waals surface area contributed by atoms with E-state index < -0.39 is 6.61 Å². The number of rotatable bonds is 8. The number of alkyl halides is 2. The van der Waals surface area contributed by atoms with Crippen molar-refractivity contribution in [3.8, 4) is 28.6 Å². The highest BCUT2D eigenvalue weighted by Crippen LogP contribution is 2.33. The van der Waals surface area contributed by atoms with Gasteiger partial charge in [-0.1, -0.05) is 23.0 Å². The smallest absolute Gasteiger partial charge is 0.387 e. The number of tetrazole rings is 1. The highest BCUT2D eigenvalue weighted by atomic mass is 32.2. The minimum atomic E-state index is -2.95. The Morgan fingerprint density at radius 1 is 1.09 bits per heavy atom. The van der Waals surface area contributed by atoms with Crippen LogP contribution in [0.3, 0.4) is 0 Å². The second-order valence-corrected chi connectivity index (χ2v) is 7.63. The Bertz CT molecular complexity index is 1230. The molecule has 166 valence electrons. The molecule has 2 aromatic carbocycles. The Balaban J connectivity index is 1.48. The van der Waals surface area contributed by atoms with Crippen LogP contribution in [0.1, 0.15) is 17.0 Å². The van der Waals surface area contributed by atoms with E-state index in [-0.39, 0.29) is 17.3 Å². The number of benzene rings is 2. The summed E-state index contributed by atoms with van der Waals surface area (Å²) in [6.45, 7) is 1.11. The van der Waals surface area contributed by atoms with Crippen molar-refractivity contribution in [2.24, 2.45) is 0 Å². The molecule has 0 fully saturated rings. The summed E-state index contributed by atoms with van der Waals surface area (Å²) < 4.78 is 41.5. The van der Waals surface area contributed by atoms with Gasteiger partial charge in [0.15, 0.2) is 11.5 Å². The van der Waals surface area contributed by atoms with E-state index in [2.05, 4.69) is 30.4 Å². The molecule has 12 heteroatoms. The summed E-state index contributed by atoms with van der Waals surface area (Å²) in [6.07, 6.45) is 0. The molecule has 0 spiro atoms. The number of methoxy groups -OCH3 is 1. The first-order valence-corrected chi connectivity index (χ1v) is 10.4. The molecular weight excluding hydrogens is 442 g/mol. The number of hydrogen-bond donors (Lipinski definition) is 0. The molecule has 0 amide bonds. The molecule has 0 atom stereocenters. The number of thioether (sulfide) groups is 1. The summed E-state index contributed by atoms with van der Waals surface area (Å²) in [7, 11) is 1.36. The van der Waals surface area contributed by atoms with Gasteiger partial charge in [0.1, 0.15) is 0 Å². The lowest BCUT2D eigenvalue weighted by Gasteiger charge is -2.10. The zero-order valence-corrected chi connectivity index (χ0v) is 18.1. The van der Waals surface area contributed by atoms with Crippen LogP contribution in [0.15, 0.2) is 46.1 Å². The molecule has 4 rings (SSSR count). The van der Waals surface area contributed by atoms with Crippen LogP contribution in [0, 0.1) is 13.8 Å². The van der Waals surface area contributed by atoms with Gasteiger partial charge in [-0.15, -0.1) is 5.10 Å². The van der Waals surface area contributed by atoms with Crippen LogP contribution in [-0.4, -0.2) is 44.1 Å². The van der Waals surface area contributed by atoms with Gasteiger partial charge in [-0.2, -0.15) is 18.4 Å². The highest BCUT2D eigenvalue weighted by molar-refractivity contribution is 7.98. The molecule has 32 heavy (non-hydrogen) atoms. The van der Waals surface area contributed by atoms with Crippen molar-refractivity contribution in [1.29, 1.82) is 0 Å². The summed E-state index contributed by atoms with van der Waals surface area (Å²) in [5.41, 5.74) is 3.70. The molecule has 0 bridgehead atoms. The Labute approximate surface area is 185 Å². The zero-order chi connectivity index (χ0) is 22.7. The van der Waals surface area contributed by atoms with Crippen LogP contribution in [0.25, 0.3) is 17.1 Å². The van der Waals surface area contributed by atoms with E-state index in [1.54, 1.807) is 10.7 Å². The molecule has 0 saturated carbocycles. The Hall–Kier alpha value is -3.54. The number of hydrogen-bond acceptors (Lipinski definition) is 9. The predicted molar refractivity (Wildman–Crippen MR) is 111 cm³/mol. The van der Waals surface area contributed by atoms with Crippen LogP contribution in [0.4, 0.5) is 8.78 Å². The number of ether oxygens (including phenoxy) is 2. The Morgan fingerprint density at radius 2 is 1.94 bits per heavy atom. The fraction of sp³-hybridized carbons (Fsp3) is 0.250. The third-order valence-electron chi connectivity index (χ3n) is 4.61. The van der Waals surface area contributed by atoms with Gasteiger partial charge in [0, 0.05) is 5.56 Å². The molecule has 0 aliphatic heterocycles. The summed E-state index contributed by atoms with van der Waals surface area (Å²) in [5, 5.41) is 16.4. The first-order valence-electron chi connectivity index (χ1n) is 9.39. The van der Waals surface area contributed by atoms with Crippen molar-refractivity contribution >= 4 is 11.8 Å². The summed E-state index contributed by atoms with van der Waals surface area (Å²) in [4.78, 5) is 4.35. The van der Waals surface area contributed by atoms with Crippen LogP contribution in [0.2, 0.25) is 0 Å². The molecule has 2 heterocycles. The quantitative estimate of drug-likeness (QED) is 0.358. The third-order valence-corrected chi connectivity index (χ3v) is 5.51. The second-order valence-electron chi connectivity index (χ2n) is 6.69. The molecule has 0 radical (unpaired) electrons. The SMILES string of the molecule is COc1cc(-c2noc(CSc3nnnn3-c3ccc(C)c(C)c3)n2)ccc1OC(F)F. The highest BCUT2D eigenvalue weighted by Gasteiger charge is 2.16. The van der Waals surface area contributed by atoms with Crippen molar-refractivity contribution < 1.29 is 22.8 Å².